The molecule has 0 N–H and O–H groups in total. The first-order chi connectivity index (χ1) is 11.4. The van der Waals surface area contributed by atoms with Crippen molar-refractivity contribution in [3.8, 4) is 11.5 Å². The average Bonchev–Trinajstić information content (AvgIpc) is 2.55. The Morgan fingerprint density at radius 1 is 1.12 bits per heavy atom. The first-order valence-electron chi connectivity index (χ1n) is 7.33. The molecule has 1 amide bonds. The van der Waals surface area contributed by atoms with Gasteiger partial charge in [-0.25, -0.2) is 4.39 Å². The smallest absolute Gasteiger partial charge is 0.227 e. The van der Waals surface area contributed by atoms with Gasteiger partial charge in [-0.05, 0) is 35.9 Å². The van der Waals surface area contributed by atoms with E-state index in [1.54, 1.807) is 43.3 Å². The maximum atomic E-state index is 13.7. The van der Waals surface area contributed by atoms with E-state index in [1.807, 2.05) is 0 Å². The van der Waals surface area contributed by atoms with Gasteiger partial charge in [0.2, 0.25) is 5.91 Å². The Balaban J connectivity index is 2.07. The van der Waals surface area contributed by atoms with Gasteiger partial charge in [0, 0.05) is 24.2 Å². The lowest BCUT2D eigenvalue weighted by Crippen LogP contribution is -2.28. The van der Waals surface area contributed by atoms with Crippen LogP contribution in [0.2, 0.25) is 5.02 Å². The number of amides is 1. The highest BCUT2D eigenvalue weighted by atomic mass is 35.5. The van der Waals surface area contributed by atoms with Gasteiger partial charge in [0.05, 0.1) is 20.6 Å². The molecule has 6 heteroatoms. The van der Waals surface area contributed by atoms with Crippen LogP contribution in [-0.2, 0) is 17.8 Å². The third-order valence-corrected chi connectivity index (χ3v) is 3.88. The highest BCUT2D eigenvalue weighted by molar-refractivity contribution is 6.30. The average molecular weight is 352 g/mol. The molecule has 0 saturated heterocycles. The van der Waals surface area contributed by atoms with E-state index < -0.39 is 5.82 Å². The number of hydrogen-bond donors (Lipinski definition) is 0. The van der Waals surface area contributed by atoms with E-state index in [4.69, 9.17) is 21.1 Å². The number of carbonyl (C=O) groups is 1. The number of hydrogen-bond acceptors (Lipinski definition) is 3. The molecule has 2 rings (SSSR count). The molecule has 0 saturated carbocycles. The summed E-state index contributed by atoms with van der Waals surface area (Å²) in [4.78, 5) is 13.9. The quantitative estimate of drug-likeness (QED) is 0.796. The summed E-state index contributed by atoms with van der Waals surface area (Å²) in [7, 11) is 4.65. The van der Waals surface area contributed by atoms with E-state index in [9.17, 15) is 9.18 Å². The molecule has 2 aromatic carbocycles. The van der Waals surface area contributed by atoms with Crippen molar-refractivity contribution in [1.29, 1.82) is 0 Å². The summed E-state index contributed by atoms with van der Waals surface area (Å²) >= 11 is 6.00. The third kappa shape index (κ3) is 4.38. The van der Waals surface area contributed by atoms with Crippen molar-refractivity contribution < 1.29 is 18.7 Å². The molecular formula is C18H19ClFNO3. The number of rotatable bonds is 6. The molecule has 2 aromatic rings. The first kappa shape index (κ1) is 18.1. The van der Waals surface area contributed by atoms with Gasteiger partial charge in [0.25, 0.3) is 0 Å². The van der Waals surface area contributed by atoms with E-state index in [1.165, 1.54) is 19.2 Å². The Hall–Kier alpha value is -2.27. The number of halogens is 2. The lowest BCUT2D eigenvalue weighted by atomic mass is 10.1. The monoisotopic (exact) mass is 351 g/mol. The molecule has 0 unspecified atom stereocenters. The summed E-state index contributed by atoms with van der Waals surface area (Å²) in [5, 5.41) is 0.573. The topological polar surface area (TPSA) is 38.8 Å². The maximum absolute atomic E-state index is 13.7. The number of methoxy groups -OCH3 is 2. The summed E-state index contributed by atoms with van der Waals surface area (Å²) in [6, 6.07) is 9.74. The van der Waals surface area contributed by atoms with Crippen LogP contribution in [0.1, 0.15) is 11.1 Å². The number of carbonyl (C=O) groups excluding carboxylic acids is 1. The van der Waals surface area contributed by atoms with Crippen molar-refractivity contribution in [1.82, 2.24) is 4.90 Å². The van der Waals surface area contributed by atoms with Gasteiger partial charge in [-0.2, -0.15) is 0 Å². The van der Waals surface area contributed by atoms with Crippen LogP contribution in [0.15, 0.2) is 36.4 Å². The molecular weight excluding hydrogens is 333 g/mol. The van der Waals surface area contributed by atoms with Crippen molar-refractivity contribution in [3.63, 3.8) is 0 Å². The first-order valence-corrected chi connectivity index (χ1v) is 7.71. The van der Waals surface area contributed by atoms with E-state index in [2.05, 4.69) is 0 Å². The van der Waals surface area contributed by atoms with Crippen LogP contribution in [-0.4, -0.2) is 32.1 Å². The lowest BCUT2D eigenvalue weighted by Gasteiger charge is -2.19. The second kappa shape index (κ2) is 8.02. The molecule has 0 radical (unpaired) electrons. The molecule has 4 nitrogen and oxygen atoms in total. The fourth-order valence-corrected chi connectivity index (χ4v) is 2.54. The fourth-order valence-electron chi connectivity index (χ4n) is 2.34. The van der Waals surface area contributed by atoms with Gasteiger partial charge in [-0.3, -0.25) is 4.79 Å². The molecule has 0 atom stereocenters. The standard InChI is InChI=1S/C18H19ClFNO3/c1-21(11-13-10-14(19)5-7-16(13)23-2)18(22)9-12-4-6-17(24-3)15(20)8-12/h4-8,10H,9,11H2,1-3H3. The number of likely N-dealkylation sites (N-methyl/N-ethyl adjacent to an activating group) is 1. The van der Waals surface area contributed by atoms with Crippen LogP contribution >= 0.6 is 11.6 Å². The molecule has 128 valence electrons. The van der Waals surface area contributed by atoms with Crippen molar-refractivity contribution in [2.24, 2.45) is 0 Å². The van der Waals surface area contributed by atoms with Crippen LogP contribution in [0.3, 0.4) is 0 Å². The molecule has 0 heterocycles. The number of nitrogens with zero attached hydrogens (tertiary/aromatic N) is 1. The highest BCUT2D eigenvalue weighted by Gasteiger charge is 2.14. The van der Waals surface area contributed by atoms with Gasteiger partial charge < -0.3 is 14.4 Å². The summed E-state index contributed by atoms with van der Waals surface area (Å²) in [5.41, 5.74) is 1.39. The SMILES string of the molecule is COc1ccc(CC(=O)N(C)Cc2cc(Cl)ccc2OC)cc1F. The van der Waals surface area contributed by atoms with Crippen LogP contribution in [0.5, 0.6) is 11.5 Å². The molecule has 0 spiro atoms. The molecule has 0 aliphatic carbocycles. The molecule has 0 aromatic heterocycles. The molecule has 0 fully saturated rings. The van der Waals surface area contributed by atoms with Crippen molar-refractivity contribution in [2.45, 2.75) is 13.0 Å². The van der Waals surface area contributed by atoms with Gasteiger partial charge >= 0.3 is 0 Å². The second-order valence-electron chi connectivity index (χ2n) is 5.35. The largest absolute Gasteiger partial charge is 0.496 e. The van der Waals surface area contributed by atoms with E-state index in [0.717, 1.165) is 5.56 Å². The highest BCUT2D eigenvalue weighted by Crippen LogP contribution is 2.24. The second-order valence-corrected chi connectivity index (χ2v) is 5.79. The Kier molecular flexibility index (Phi) is 6.04. The molecule has 0 aliphatic heterocycles. The van der Waals surface area contributed by atoms with E-state index >= 15 is 0 Å². The van der Waals surface area contributed by atoms with E-state index in [-0.39, 0.29) is 18.1 Å². The van der Waals surface area contributed by atoms with Crippen LogP contribution in [0.25, 0.3) is 0 Å². The zero-order valence-corrected chi connectivity index (χ0v) is 14.6. The van der Waals surface area contributed by atoms with E-state index in [0.29, 0.717) is 22.9 Å². The minimum atomic E-state index is -0.484. The third-order valence-electron chi connectivity index (χ3n) is 3.65. The Morgan fingerprint density at radius 3 is 2.42 bits per heavy atom. The predicted octanol–water partition coefficient (Wildman–Crippen LogP) is 3.70. The Morgan fingerprint density at radius 2 is 1.79 bits per heavy atom. The van der Waals surface area contributed by atoms with Gasteiger partial charge in [0.1, 0.15) is 5.75 Å². The van der Waals surface area contributed by atoms with Crippen LogP contribution < -0.4 is 9.47 Å². The maximum Gasteiger partial charge on any atom is 0.227 e. The number of ether oxygens (including phenoxy) is 2. The minimum Gasteiger partial charge on any atom is -0.496 e. The summed E-state index contributed by atoms with van der Waals surface area (Å²) < 4.78 is 23.9. The zero-order valence-electron chi connectivity index (χ0n) is 13.8. The molecule has 0 bridgehead atoms. The zero-order chi connectivity index (χ0) is 17.7. The predicted molar refractivity (Wildman–Crippen MR) is 91.1 cm³/mol. The number of benzene rings is 2. The van der Waals surface area contributed by atoms with Crippen molar-refractivity contribution in [3.05, 3.63) is 58.4 Å². The normalized spacial score (nSPS) is 10.4. The van der Waals surface area contributed by atoms with Gasteiger partial charge in [-0.15, -0.1) is 0 Å². The summed E-state index contributed by atoms with van der Waals surface area (Å²) in [5.74, 6) is 0.196. The Labute approximate surface area is 145 Å². The summed E-state index contributed by atoms with van der Waals surface area (Å²) in [6.45, 7) is 0.348. The lowest BCUT2D eigenvalue weighted by molar-refractivity contribution is -0.129. The van der Waals surface area contributed by atoms with Crippen molar-refractivity contribution >= 4 is 17.5 Å². The van der Waals surface area contributed by atoms with Crippen LogP contribution in [0, 0.1) is 5.82 Å². The van der Waals surface area contributed by atoms with Crippen LogP contribution in [0.4, 0.5) is 4.39 Å². The molecule has 24 heavy (non-hydrogen) atoms. The minimum absolute atomic E-state index is 0.0975. The van der Waals surface area contributed by atoms with Gasteiger partial charge in [-0.1, -0.05) is 17.7 Å². The summed E-state index contributed by atoms with van der Waals surface area (Å²) in [6.07, 6.45) is 0.0975. The Bertz CT molecular complexity index is 736. The fraction of sp³-hybridized carbons (Fsp3) is 0.278. The molecule has 0 aliphatic rings. The van der Waals surface area contributed by atoms with Gasteiger partial charge in [0.15, 0.2) is 11.6 Å². The van der Waals surface area contributed by atoms with Crippen molar-refractivity contribution in [2.75, 3.05) is 21.3 Å².